The minimum Gasteiger partial charge on any atom is -0.497 e. The summed E-state index contributed by atoms with van der Waals surface area (Å²) in [4.78, 5) is 27.0. The molecule has 122 valence electrons. The smallest absolute Gasteiger partial charge is 0.236 e. The van der Waals surface area contributed by atoms with Gasteiger partial charge in [-0.2, -0.15) is 0 Å². The molecule has 0 saturated carbocycles. The van der Waals surface area contributed by atoms with Crippen molar-refractivity contribution < 1.29 is 19.1 Å². The lowest BCUT2D eigenvalue weighted by atomic mass is 10.1. The van der Waals surface area contributed by atoms with Gasteiger partial charge in [0.25, 0.3) is 0 Å². The molecule has 0 fully saturated rings. The highest BCUT2D eigenvalue weighted by Gasteiger charge is 2.13. The number of anilines is 1. The molecule has 6 nitrogen and oxygen atoms in total. The molecule has 0 spiro atoms. The van der Waals surface area contributed by atoms with E-state index in [4.69, 9.17) is 9.47 Å². The fourth-order valence-corrected chi connectivity index (χ4v) is 2.92. The van der Waals surface area contributed by atoms with E-state index in [0.29, 0.717) is 22.3 Å². The largest absolute Gasteiger partial charge is 0.497 e. The SMILES string of the molecule is COc1ccc(-c2csc(NC(=O)CSC(C)=O)n2)c(OC)c1. The van der Waals surface area contributed by atoms with Crippen molar-refractivity contribution in [2.45, 2.75) is 6.92 Å². The van der Waals surface area contributed by atoms with Crippen LogP contribution >= 0.6 is 23.1 Å². The molecule has 8 heteroatoms. The lowest BCUT2D eigenvalue weighted by Crippen LogP contribution is -2.14. The van der Waals surface area contributed by atoms with Crippen LogP contribution in [0.4, 0.5) is 5.13 Å². The Labute approximate surface area is 142 Å². The molecule has 0 radical (unpaired) electrons. The van der Waals surface area contributed by atoms with Gasteiger partial charge in [-0.05, 0) is 12.1 Å². The lowest BCUT2D eigenvalue weighted by Gasteiger charge is -2.08. The minimum atomic E-state index is -0.257. The van der Waals surface area contributed by atoms with Crippen molar-refractivity contribution in [1.82, 2.24) is 4.98 Å². The Morgan fingerprint density at radius 2 is 2.09 bits per heavy atom. The maximum absolute atomic E-state index is 11.7. The number of nitrogens with zero attached hydrogens (tertiary/aromatic N) is 1. The summed E-state index contributed by atoms with van der Waals surface area (Å²) in [6.45, 7) is 1.43. The van der Waals surface area contributed by atoms with Crippen LogP contribution in [0, 0.1) is 0 Å². The van der Waals surface area contributed by atoms with E-state index in [2.05, 4.69) is 10.3 Å². The lowest BCUT2D eigenvalue weighted by molar-refractivity contribution is -0.114. The highest BCUT2D eigenvalue weighted by Crippen LogP contribution is 2.34. The van der Waals surface area contributed by atoms with Gasteiger partial charge in [0.15, 0.2) is 10.2 Å². The number of carbonyl (C=O) groups excluding carboxylic acids is 2. The minimum absolute atomic E-state index is 0.0795. The molecule has 0 saturated heterocycles. The van der Waals surface area contributed by atoms with E-state index < -0.39 is 0 Å². The first kappa shape index (κ1) is 17.3. The zero-order valence-corrected chi connectivity index (χ0v) is 14.5. The maximum atomic E-state index is 11.7. The summed E-state index contributed by atoms with van der Waals surface area (Å²) < 4.78 is 10.5. The average Bonchev–Trinajstić information content (AvgIpc) is 3.00. The highest BCUT2D eigenvalue weighted by atomic mass is 32.2. The van der Waals surface area contributed by atoms with E-state index >= 15 is 0 Å². The van der Waals surface area contributed by atoms with Crippen LogP contribution in [-0.4, -0.2) is 36.0 Å². The third kappa shape index (κ3) is 4.70. The number of methoxy groups -OCH3 is 2. The number of thioether (sulfide) groups is 1. The predicted octanol–water partition coefficient (Wildman–Crippen LogP) is 3.05. The summed E-state index contributed by atoms with van der Waals surface area (Å²) in [5.41, 5.74) is 1.51. The first-order chi connectivity index (χ1) is 11.0. The van der Waals surface area contributed by atoms with Crippen molar-refractivity contribution in [3.8, 4) is 22.8 Å². The van der Waals surface area contributed by atoms with Crippen LogP contribution in [0.5, 0.6) is 11.5 Å². The topological polar surface area (TPSA) is 77.5 Å². The standard InChI is InChI=1S/C15H16N2O4S2/c1-9(18)22-8-14(19)17-15-16-12(7-23-15)11-5-4-10(20-2)6-13(11)21-3/h4-7H,8H2,1-3H3,(H,16,17,19). The molecule has 1 heterocycles. The number of carbonyl (C=O) groups is 2. The van der Waals surface area contributed by atoms with Gasteiger partial charge in [-0.1, -0.05) is 11.8 Å². The second kappa shape index (κ2) is 7.98. The quantitative estimate of drug-likeness (QED) is 0.861. The number of hydrogen-bond acceptors (Lipinski definition) is 7. The van der Waals surface area contributed by atoms with Crippen molar-refractivity contribution >= 4 is 39.3 Å². The number of ether oxygens (including phenoxy) is 2. The first-order valence-corrected chi connectivity index (χ1v) is 8.51. The van der Waals surface area contributed by atoms with Crippen LogP contribution in [0.2, 0.25) is 0 Å². The molecular weight excluding hydrogens is 336 g/mol. The molecular formula is C15H16N2O4S2. The molecule has 2 rings (SSSR count). The third-order valence-electron chi connectivity index (χ3n) is 2.84. The van der Waals surface area contributed by atoms with Crippen LogP contribution in [0.15, 0.2) is 23.6 Å². The van der Waals surface area contributed by atoms with Crippen LogP contribution in [0.3, 0.4) is 0 Å². The van der Waals surface area contributed by atoms with Gasteiger partial charge in [0.05, 0.1) is 25.7 Å². The number of thiazole rings is 1. The maximum Gasteiger partial charge on any atom is 0.236 e. The molecule has 1 aromatic heterocycles. The Hall–Kier alpha value is -2.06. The van der Waals surface area contributed by atoms with Gasteiger partial charge in [0, 0.05) is 23.9 Å². The van der Waals surface area contributed by atoms with Crippen molar-refractivity contribution in [1.29, 1.82) is 0 Å². The van der Waals surface area contributed by atoms with Crippen molar-refractivity contribution in [3.63, 3.8) is 0 Å². The van der Waals surface area contributed by atoms with E-state index in [1.165, 1.54) is 18.3 Å². The molecule has 0 unspecified atom stereocenters. The predicted molar refractivity (Wildman–Crippen MR) is 92.4 cm³/mol. The van der Waals surface area contributed by atoms with Crippen molar-refractivity contribution in [2.24, 2.45) is 0 Å². The number of amides is 1. The van der Waals surface area contributed by atoms with Gasteiger partial charge in [0.1, 0.15) is 11.5 Å². The molecule has 1 N–H and O–H groups in total. The molecule has 0 aliphatic rings. The van der Waals surface area contributed by atoms with Gasteiger partial charge in [-0.3, -0.25) is 9.59 Å². The Morgan fingerprint density at radius 1 is 1.30 bits per heavy atom. The summed E-state index contributed by atoms with van der Waals surface area (Å²) in [6.07, 6.45) is 0. The summed E-state index contributed by atoms with van der Waals surface area (Å²) in [6, 6.07) is 5.44. The monoisotopic (exact) mass is 352 g/mol. The molecule has 1 amide bonds. The number of aromatic nitrogens is 1. The fourth-order valence-electron chi connectivity index (χ4n) is 1.79. The van der Waals surface area contributed by atoms with E-state index in [9.17, 15) is 9.59 Å². The van der Waals surface area contributed by atoms with Crippen LogP contribution in [-0.2, 0) is 9.59 Å². The molecule has 1 aromatic carbocycles. The Bertz CT molecular complexity index is 715. The average molecular weight is 352 g/mol. The van der Waals surface area contributed by atoms with Gasteiger partial charge in [-0.25, -0.2) is 4.98 Å². The molecule has 23 heavy (non-hydrogen) atoms. The summed E-state index contributed by atoms with van der Waals surface area (Å²) in [7, 11) is 3.16. The van der Waals surface area contributed by atoms with Crippen LogP contribution < -0.4 is 14.8 Å². The normalized spacial score (nSPS) is 10.2. The van der Waals surface area contributed by atoms with Crippen molar-refractivity contribution in [2.75, 3.05) is 25.3 Å². The Morgan fingerprint density at radius 3 is 2.74 bits per heavy atom. The van der Waals surface area contributed by atoms with Gasteiger partial charge >= 0.3 is 0 Å². The van der Waals surface area contributed by atoms with Gasteiger partial charge in [0.2, 0.25) is 5.91 Å². The van der Waals surface area contributed by atoms with Crippen molar-refractivity contribution in [3.05, 3.63) is 23.6 Å². The van der Waals surface area contributed by atoms with E-state index in [1.54, 1.807) is 20.3 Å². The highest BCUT2D eigenvalue weighted by molar-refractivity contribution is 8.14. The molecule has 0 aliphatic carbocycles. The fraction of sp³-hybridized carbons (Fsp3) is 0.267. The van der Waals surface area contributed by atoms with E-state index in [-0.39, 0.29) is 16.8 Å². The summed E-state index contributed by atoms with van der Waals surface area (Å²) in [5, 5.41) is 4.89. The number of rotatable bonds is 6. The van der Waals surface area contributed by atoms with E-state index in [0.717, 1.165) is 17.3 Å². The second-order valence-electron chi connectivity index (χ2n) is 4.43. The van der Waals surface area contributed by atoms with Gasteiger partial charge < -0.3 is 14.8 Å². The molecule has 0 atom stereocenters. The van der Waals surface area contributed by atoms with Gasteiger partial charge in [-0.15, -0.1) is 11.3 Å². The Balaban J connectivity index is 2.13. The zero-order chi connectivity index (χ0) is 16.8. The third-order valence-corrected chi connectivity index (χ3v) is 4.41. The summed E-state index contributed by atoms with van der Waals surface area (Å²) in [5.74, 6) is 1.15. The number of nitrogens with one attached hydrogen (secondary N) is 1. The summed E-state index contributed by atoms with van der Waals surface area (Å²) >= 11 is 2.28. The number of benzene rings is 1. The molecule has 0 bridgehead atoms. The first-order valence-electron chi connectivity index (χ1n) is 6.64. The van der Waals surface area contributed by atoms with E-state index in [1.807, 2.05) is 17.5 Å². The zero-order valence-electron chi connectivity index (χ0n) is 12.9. The second-order valence-corrected chi connectivity index (χ2v) is 6.44. The van der Waals surface area contributed by atoms with Crippen LogP contribution in [0.25, 0.3) is 11.3 Å². The molecule has 2 aromatic rings. The Kier molecular flexibility index (Phi) is 6.00. The molecule has 0 aliphatic heterocycles. The number of hydrogen-bond donors (Lipinski definition) is 1. The van der Waals surface area contributed by atoms with Crippen LogP contribution in [0.1, 0.15) is 6.92 Å².